The molecule has 0 spiro atoms. The number of hydrogen-bond donors (Lipinski definition) is 3. The van der Waals surface area contributed by atoms with Crippen LogP contribution in [0.15, 0.2) is 0 Å². The van der Waals surface area contributed by atoms with Crippen LogP contribution >= 0.6 is 0 Å². The number of unbranched alkanes of at least 4 members (excludes halogenated alkanes) is 2. The maximum atomic E-state index is 12.0. The largest absolute Gasteiger partial charge is 0.480 e. The van der Waals surface area contributed by atoms with Crippen LogP contribution in [0.25, 0.3) is 0 Å². The van der Waals surface area contributed by atoms with Crippen molar-refractivity contribution in [1.82, 2.24) is 5.32 Å². The van der Waals surface area contributed by atoms with E-state index in [4.69, 9.17) is 10.2 Å². The molecule has 0 rings (SSSR count). The summed E-state index contributed by atoms with van der Waals surface area (Å²) in [5.74, 6) is -2.18. The van der Waals surface area contributed by atoms with Crippen molar-refractivity contribution in [1.29, 1.82) is 0 Å². The van der Waals surface area contributed by atoms with E-state index in [0.29, 0.717) is 6.42 Å². The second-order valence-corrected chi connectivity index (χ2v) is 4.76. The molecule has 1 unspecified atom stereocenters. The van der Waals surface area contributed by atoms with Gasteiger partial charge in [0.2, 0.25) is 5.78 Å². The van der Waals surface area contributed by atoms with Crippen LogP contribution in [0.4, 0.5) is 0 Å². The minimum atomic E-state index is -1.13. The Morgan fingerprint density at radius 2 is 1.70 bits per heavy atom. The topological polar surface area (TPSA) is 104 Å². The second-order valence-electron chi connectivity index (χ2n) is 4.76. The lowest BCUT2D eigenvalue weighted by Gasteiger charge is -2.21. The van der Waals surface area contributed by atoms with Gasteiger partial charge in [-0.25, -0.2) is 0 Å². The number of carboxylic acids is 1. The van der Waals surface area contributed by atoms with Crippen molar-refractivity contribution < 1.29 is 24.6 Å². The van der Waals surface area contributed by atoms with Crippen molar-refractivity contribution in [2.45, 2.75) is 64.5 Å². The molecule has 0 aromatic heterocycles. The molecule has 0 heterocycles. The van der Waals surface area contributed by atoms with Gasteiger partial charge in [0.1, 0.15) is 6.04 Å². The Hall–Kier alpha value is -1.27. The minimum absolute atomic E-state index is 0.00715. The number of hydrogen-bond acceptors (Lipinski definition) is 5. The fraction of sp³-hybridized carbons (Fsp3) is 0.786. The second kappa shape index (κ2) is 10.5. The lowest BCUT2D eigenvalue weighted by atomic mass is 9.99. The molecule has 3 N–H and O–H groups in total. The number of carbonyl (C=O) groups excluding carboxylic acids is 2. The molecule has 0 amide bonds. The zero-order chi connectivity index (χ0) is 15.5. The van der Waals surface area contributed by atoms with Crippen molar-refractivity contribution in [2.24, 2.45) is 0 Å². The van der Waals surface area contributed by atoms with Crippen LogP contribution in [0.5, 0.6) is 0 Å². The van der Waals surface area contributed by atoms with Crippen molar-refractivity contribution >= 4 is 17.5 Å². The monoisotopic (exact) mass is 287 g/mol. The molecule has 6 nitrogen and oxygen atoms in total. The van der Waals surface area contributed by atoms with E-state index < -0.39 is 29.6 Å². The molecule has 2 atom stereocenters. The van der Waals surface area contributed by atoms with E-state index >= 15 is 0 Å². The SMILES string of the molecule is CCCCCC(N[C@@H](CCO)C(=O)O)C(=O)C(=O)CC. The summed E-state index contributed by atoms with van der Waals surface area (Å²) in [7, 11) is 0. The van der Waals surface area contributed by atoms with Crippen LogP contribution in [0.3, 0.4) is 0 Å². The van der Waals surface area contributed by atoms with Crippen molar-refractivity contribution in [3.05, 3.63) is 0 Å². The third-order valence-electron chi connectivity index (χ3n) is 3.13. The summed E-state index contributed by atoms with van der Waals surface area (Å²) >= 11 is 0. The van der Waals surface area contributed by atoms with Crippen molar-refractivity contribution in [3.8, 4) is 0 Å². The van der Waals surface area contributed by atoms with Crippen LogP contribution in [0.1, 0.15) is 52.4 Å². The molecule has 0 bridgehead atoms. The minimum Gasteiger partial charge on any atom is -0.480 e. The van der Waals surface area contributed by atoms with E-state index in [9.17, 15) is 14.4 Å². The number of aliphatic hydroxyl groups excluding tert-OH is 1. The van der Waals surface area contributed by atoms with Gasteiger partial charge in [-0.1, -0.05) is 33.1 Å². The van der Waals surface area contributed by atoms with Crippen molar-refractivity contribution in [3.63, 3.8) is 0 Å². The van der Waals surface area contributed by atoms with Crippen molar-refractivity contribution in [2.75, 3.05) is 6.61 Å². The first-order valence-electron chi connectivity index (χ1n) is 7.14. The lowest BCUT2D eigenvalue weighted by molar-refractivity contribution is -0.142. The van der Waals surface area contributed by atoms with Gasteiger partial charge in [-0.05, 0) is 12.8 Å². The Bertz CT molecular complexity index is 330. The highest BCUT2D eigenvalue weighted by Gasteiger charge is 2.28. The Kier molecular flexibility index (Phi) is 9.84. The lowest BCUT2D eigenvalue weighted by Crippen LogP contribution is -2.49. The summed E-state index contributed by atoms with van der Waals surface area (Å²) in [5, 5.41) is 20.6. The predicted molar refractivity (Wildman–Crippen MR) is 74.5 cm³/mol. The normalized spacial score (nSPS) is 13.8. The molecule has 0 radical (unpaired) electrons. The van der Waals surface area contributed by atoms with Gasteiger partial charge in [0.25, 0.3) is 0 Å². The fourth-order valence-electron chi connectivity index (χ4n) is 1.91. The van der Waals surface area contributed by atoms with E-state index in [0.717, 1.165) is 19.3 Å². The summed E-state index contributed by atoms with van der Waals surface area (Å²) in [6, 6.07) is -1.79. The Balaban J connectivity index is 4.76. The van der Waals surface area contributed by atoms with E-state index in [1.165, 1.54) is 0 Å². The van der Waals surface area contributed by atoms with Crippen LogP contribution < -0.4 is 5.32 Å². The number of nitrogens with one attached hydrogen (secondary N) is 1. The highest BCUT2D eigenvalue weighted by Crippen LogP contribution is 2.08. The summed E-state index contributed by atoms with van der Waals surface area (Å²) < 4.78 is 0. The summed E-state index contributed by atoms with van der Waals surface area (Å²) in [5.41, 5.74) is 0. The zero-order valence-corrected chi connectivity index (χ0v) is 12.2. The Morgan fingerprint density at radius 3 is 2.15 bits per heavy atom. The quantitative estimate of drug-likeness (QED) is 0.364. The highest BCUT2D eigenvalue weighted by atomic mass is 16.4. The Morgan fingerprint density at radius 1 is 1.05 bits per heavy atom. The van der Waals surface area contributed by atoms with Crippen LogP contribution in [0, 0.1) is 0 Å². The molecule has 6 heteroatoms. The molecule has 0 fully saturated rings. The van der Waals surface area contributed by atoms with Gasteiger partial charge in [0.05, 0.1) is 6.04 Å². The van der Waals surface area contributed by atoms with Gasteiger partial charge in [-0.3, -0.25) is 19.7 Å². The first-order valence-corrected chi connectivity index (χ1v) is 7.14. The van der Waals surface area contributed by atoms with Crippen LogP contribution in [0.2, 0.25) is 0 Å². The fourth-order valence-corrected chi connectivity index (χ4v) is 1.91. The van der Waals surface area contributed by atoms with Gasteiger partial charge >= 0.3 is 5.97 Å². The van der Waals surface area contributed by atoms with Gasteiger partial charge in [0, 0.05) is 13.0 Å². The van der Waals surface area contributed by atoms with E-state index in [1.807, 2.05) is 6.92 Å². The maximum Gasteiger partial charge on any atom is 0.320 e. The molecule has 0 aromatic rings. The number of Topliss-reactive ketones (excluding diaryl/α,β-unsaturated/α-hetero) is 2. The van der Waals surface area contributed by atoms with Gasteiger partial charge in [-0.2, -0.15) is 0 Å². The van der Waals surface area contributed by atoms with Gasteiger partial charge < -0.3 is 10.2 Å². The van der Waals surface area contributed by atoms with Crippen LogP contribution in [-0.4, -0.2) is 46.4 Å². The first-order chi connectivity index (χ1) is 9.47. The third-order valence-corrected chi connectivity index (χ3v) is 3.13. The molecule has 0 aromatic carbocycles. The molecular weight excluding hydrogens is 262 g/mol. The van der Waals surface area contributed by atoms with Gasteiger partial charge in [0.15, 0.2) is 5.78 Å². The summed E-state index contributed by atoms with van der Waals surface area (Å²) in [4.78, 5) is 34.5. The predicted octanol–water partition coefficient (Wildman–Crippen LogP) is 0.909. The summed E-state index contributed by atoms with van der Waals surface area (Å²) in [6.45, 7) is 3.33. The molecule has 0 saturated heterocycles. The number of aliphatic carboxylic acids is 1. The molecule has 20 heavy (non-hydrogen) atoms. The molecule has 0 aliphatic rings. The van der Waals surface area contributed by atoms with E-state index in [-0.39, 0.29) is 19.4 Å². The number of rotatable bonds is 12. The summed E-state index contributed by atoms with van der Waals surface area (Å²) in [6.07, 6.45) is 3.21. The van der Waals surface area contributed by atoms with E-state index in [2.05, 4.69) is 5.32 Å². The molecule has 0 saturated carbocycles. The van der Waals surface area contributed by atoms with E-state index in [1.54, 1.807) is 6.92 Å². The zero-order valence-electron chi connectivity index (χ0n) is 12.2. The first kappa shape index (κ1) is 18.7. The number of carboxylic acid groups (broad SMARTS) is 1. The molecule has 0 aliphatic carbocycles. The molecular formula is C14H25NO5. The number of ketones is 2. The third kappa shape index (κ3) is 6.77. The molecule has 0 aliphatic heterocycles. The molecule has 116 valence electrons. The maximum absolute atomic E-state index is 12.0. The standard InChI is InChI=1S/C14H25NO5/c1-3-5-6-7-10(13(18)12(17)4-2)15-11(8-9-16)14(19)20/h10-11,15-16H,3-9H2,1-2H3,(H,19,20)/t10?,11-/m0/s1. The highest BCUT2D eigenvalue weighted by molar-refractivity contribution is 6.39. The smallest absolute Gasteiger partial charge is 0.320 e. The average molecular weight is 287 g/mol. The number of aliphatic hydroxyl groups is 1. The average Bonchev–Trinajstić information content (AvgIpc) is 2.43. The Labute approximate surface area is 119 Å². The van der Waals surface area contributed by atoms with Gasteiger partial charge in [-0.15, -0.1) is 0 Å². The number of carbonyl (C=O) groups is 3. The van der Waals surface area contributed by atoms with Crippen LogP contribution in [-0.2, 0) is 14.4 Å².